The van der Waals surface area contributed by atoms with Gasteiger partial charge in [0.1, 0.15) is 12.6 Å². The van der Waals surface area contributed by atoms with Gasteiger partial charge in [0, 0.05) is 26.2 Å². The maximum absolute atomic E-state index is 11.7. The van der Waals surface area contributed by atoms with Gasteiger partial charge < -0.3 is 14.6 Å². The van der Waals surface area contributed by atoms with Crippen LogP contribution >= 0.6 is 0 Å². The molecule has 0 spiro atoms. The normalized spacial score (nSPS) is 31.7. The van der Waals surface area contributed by atoms with Crippen LogP contribution in [0.5, 0.6) is 0 Å². The number of hydrogen-bond donors (Lipinski definition) is 1. The fraction of sp³-hybridized carbons (Fsp3) is 0.767. The molecule has 6 atom stereocenters. The van der Waals surface area contributed by atoms with E-state index < -0.39 is 0 Å². The van der Waals surface area contributed by atoms with E-state index in [9.17, 15) is 9.59 Å². The van der Waals surface area contributed by atoms with Crippen molar-refractivity contribution in [3.8, 4) is 0 Å². The maximum Gasteiger partial charge on any atom is 0.161 e. The number of aliphatic hydroxyl groups excluding tert-OH is 1. The highest BCUT2D eigenvalue weighted by Crippen LogP contribution is 2.61. The van der Waals surface area contributed by atoms with Crippen LogP contribution < -0.4 is 0 Å². The van der Waals surface area contributed by atoms with E-state index in [-0.39, 0.29) is 12.9 Å². The van der Waals surface area contributed by atoms with Crippen molar-refractivity contribution in [2.45, 2.75) is 145 Å². The van der Waals surface area contributed by atoms with E-state index in [1.165, 1.54) is 62.5 Å². The lowest BCUT2D eigenvalue weighted by Gasteiger charge is -2.58. The summed E-state index contributed by atoms with van der Waals surface area (Å²) in [5.74, 6) is 3.25. The number of hydrogen-bond acceptors (Lipinski definition) is 5. The molecule has 0 aliphatic heterocycles. The molecule has 4 rings (SSSR count). The van der Waals surface area contributed by atoms with Gasteiger partial charge in [-0.05, 0) is 141 Å². The van der Waals surface area contributed by atoms with Gasteiger partial charge >= 0.3 is 0 Å². The number of fused-ring (bicyclic) bond motifs is 2. The quantitative estimate of drug-likeness (QED) is 0.0864. The monoisotopic (exact) mass is 667 g/mol. The van der Waals surface area contributed by atoms with Gasteiger partial charge in [0.2, 0.25) is 0 Å². The van der Waals surface area contributed by atoms with Crippen LogP contribution in [0.4, 0.5) is 0 Å². The molecular weight excluding hydrogens is 596 g/mol. The van der Waals surface area contributed by atoms with Crippen LogP contribution in [0.25, 0.3) is 0 Å². The Kier molecular flexibility index (Phi) is 15.6. The molecule has 1 N–H and O–H groups in total. The van der Waals surface area contributed by atoms with Gasteiger partial charge in [-0.3, -0.25) is 9.59 Å². The van der Waals surface area contributed by atoms with Gasteiger partial charge in [0.25, 0.3) is 0 Å². The molecule has 0 amide bonds. The molecule has 4 aliphatic rings. The average molecular weight is 667 g/mol. The van der Waals surface area contributed by atoms with E-state index >= 15 is 0 Å². The van der Waals surface area contributed by atoms with Crippen LogP contribution in [0.3, 0.4) is 0 Å². The fourth-order valence-corrected chi connectivity index (χ4v) is 10.5. The van der Waals surface area contributed by atoms with Crippen molar-refractivity contribution in [1.82, 2.24) is 0 Å². The van der Waals surface area contributed by atoms with E-state index in [2.05, 4.69) is 53.9 Å². The number of rotatable bonds is 14. The highest BCUT2D eigenvalue weighted by atomic mass is 16.7. The van der Waals surface area contributed by atoms with Gasteiger partial charge in [-0.25, -0.2) is 0 Å². The van der Waals surface area contributed by atoms with E-state index in [1.54, 1.807) is 0 Å². The van der Waals surface area contributed by atoms with Crippen LogP contribution in [0.1, 0.15) is 138 Å². The zero-order valence-electron chi connectivity index (χ0n) is 31.8. The second-order valence-electron chi connectivity index (χ2n) is 16.9. The Morgan fingerprint density at radius 3 is 2.08 bits per heavy atom. The minimum Gasteiger partial charge on any atom is -0.396 e. The third-order valence-electron chi connectivity index (χ3n) is 13.1. The third kappa shape index (κ3) is 10.1. The van der Waals surface area contributed by atoms with Gasteiger partial charge in [-0.1, -0.05) is 83.9 Å². The van der Waals surface area contributed by atoms with Crippen molar-refractivity contribution in [2.75, 3.05) is 19.8 Å². The largest absolute Gasteiger partial charge is 0.396 e. The predicted octanol–water partition coefficient (Wildman–Crippen LogP) is 10.4. The Hall–Kier alpha value is -1.82. The maximum atomic E-state index is 11.7. The highest BCUT2D eigenvalue weighted by Gasteiger charge is 2.52. The summed E-state index contributed by atoms with van der Waals surface area (Å²) in [5.41, 5.74) is 5.42. The van der Waals surface area contributed by atoms with Crippen LogP contribution in [0, 0.1) is 45.8 Å². The SMILES string of the molecule is C=C1CCC2C(C)(C)CCC[C@]2(C)[C@H]1C/C=C(/C=O)CC(OCC)OCC.C=C1CCC2C(CCCC2(C)C)[C@H]1C/C=C(/C=O)CCO. The molecule has 0 bridgehead atoms. The summed E-state index contributed by atoms with van der Waals surface area (Å²) in [4.78, 5) is 22.7. The molecule has 4 aliphatic carbocycles. The molecule has 4 saturated carbocycles. The molecule has 3 unspecified atom stereocenters. The predicted molar refractivity (Wildman–Crippen MR) is 198 cm³/mol. The fourth-order valence-electron chi connectivity index (χ4n) is 10.5. The van der Waals surface area contributed by atoms with E-state index in [0.717, 1.165) is 67.2 Å². The van der Waals surface area contributed by atoms with Gasteiger partial charge in [0.05, 0.1) is 0 Å². The zero-order valence-corrected chi connectivity index (χ0v) is 31.8. The summed E-state index contributed by atoms with van der Waals surface area (Å²) in [6.45, 7) is 26.1. The van der Waals surface area contributed by atoms with Crippen molar-refractivity contribution in [2.24, 2.45) is 45.8 Å². The Bertz CT molecular complexity index is 1140. The molecule has 0 aromatic rings. The molecule has 48 heavy (non-hydrogen) atoms. The van der Waals surface area contributed by atoms with E-state index in [4.69, 9.17) is 14.6 Å². The molecule has 0 aromatic heterocycles. The minimum absolute atomic E-state index is 0.0509. The third-order valence-corrected chi connectivity index (χ3v) is 13.1. The lowest BCUT2D eigenvalue weighted by Crippen LogP contribution is -2.49. The van der Waals surface area contributed by atoms with Gasteiger partial charge in [0.15, 0.2) is 6.29 Å². The standard InChI is InChI=1S/C24H40O3.C19H30O2/c1-7-26-22(27-8-2)16-19(17-25)11-12-20-18(3)10-13-21-23(4,5)14-9-15-24(20,21)6;1-14-6-9-18-17(5-4-11-19(18,2)3)16(14)8-7-15(13-21)10-12-20/h11,17,20-22H,3,7-10,12-16H2,1-2,4-6H3;7,13,16-18,20H,1,4-6,8-12H2,2-3H3/b19-11+;15-7+/t20-,21?,24+;16-,17?,18?/m00/s1. The number of ether oxygens (including phenoxy) is 2. The molecular formula is C43H70O5. The number of aliphatic hydroxyl groups is 1. The van der Waals surface area contributed by atoms with Gasteiger partial charge in [-0.2, -0.15) is 0 Å². The molecule has 5 nitrogen and oxygen atoms in total. The Labute approximate surface area is 294 Å². The zero-order chi connectivity index (χ0) is 35.5. The van der Waals surface area contributed by atoms with Crippen LogP contribution in [-0.2, 0) is 19.1 Å². The lowest BCUT2D eigenvalue weighted by molar-refractivity contribution is -0.136. The smallest absolute Gasteiger partial charge is 0.161 e. The molecule has 0 saturated heterocycles. The molecule has 272 valence electrons. The van der Waals surface area contributed by atoms with Crippen molar-refractivity contribution in [3.63, 3.8) is 0 Å². The van der Waals surface area contributed by atoms with E-state index in [1.807, 2.05) is 19.9 Å². The summed E-state index contributed by atoms with van der Waals surface area (Å²) >= 11 is 0. The van der Waals surface area contributed by atoms with Crippen LogP contribution in [-0.4, -0.2) is 43.8 Å². The minimum atomic E-state index is -0.331. The number of carbonyl (C=O) groups excluding carboxylic acids is 2. The molecule has 0 aromatic carbocycles. The Morgan fingerprint density at radius 1 is 0.833 bits per heavy atom. The summed E-state index contributed by atoms with van der Waals surface area (Å²) in [6, 6.07) is 0. The van der Waals surface area contributed by atoms with Crippen LogP contribution in [0.2, 0.25) is 0 Å². The first-order chi connectivity index (χ1) is 22.8. The first-order valence-corrected chi connectivity index (χ1v) is 19.3. The summed E-state index contributed by atoms with van der Waals surface area (Å²) < 4.78 is 11.2. The van der Waals surface area contributed by atoms with Crippen molar-refractivity contribution in [1.29, 1.82) is 0 Å². The van der Waals surface area contributed by atoms with E-state index in [0.29, 0.717) is 54.1 Å². The number of allylic oxidation sites excluding steroid dienone is 4. The summed E-state index contributed by atoms with van der Waals surface area (Å²) in [5, 5.41) is 9.00. The summed E-state index contributed by atoms with van der Waals surface area (Å²) in [6.07, 6.45) is 21.2. The second kappa shape index (κ2) is 18.4. The van der Waals surface area contributed by atoms with Crippen molar-refractivity contribution >= 4 is 12.6 Å². The highest BCUT2D eigenvalue weighted by molar-refractivity contribution is 5.73. The van der Waals surface area contributed by atoms with Gasteiger partial charge in [-0.15, -0.1) is 0 Å². The molecule has 0 radical (unpaired) electrons. The summed E-state index contributed by atoms with van der Waals surface area (Å²) in [7, 11) is 0. The molecule has 5 heteroatoms. The number of carbonyl (C=O) groups is 2. The van der Waals surface area contributed by atoms with Crippen LogP contribution in [0.15, 0.2) is 47.6 Å². The Balaban J connectivity index is 0.000000269. The molecule has 4 fully saturated rings. The topological polar surface area (TPSA) is 72.8 Å². The Morgan fingerprint density at radius 2 is 1.46 bits per heavy atom. The molecule has 0 heterocycles. The lowest BCUT2D eigenvalue weighted by atomic mass is 9.47. The van der Waals surface area contributed by atoms with Crippen molar-refractivity contribution in [3.05, 3.63) is 47.6 Å². The first-order valence-electron chi connectivity index (χ1n) is 19.3. The second-order valence-corrected chi connectivity index (χ2v) is 16.9. The van der Waals surface area contributed by atoms with Crippen molar-refractivity contribution < 1.29 is 24.2 Å². The average Bonchev–Trinajstić information content (AvgIpc) is 3.02. The number of aldehydes is 2. The first kappa shape index (κ1) is 40.6.